The van der Waals surface area contributed by atoms with Crippen molar-refractivity contribution in [1.82, 2.24) is 5.32 Å². The van der Waals surface area contributed by atoms with Gasteiger partial charge in [-0.25, -0.2) is 0 Å². The molecule has 0 fully saturated rings. The van der Waals surface area contributed by atoms with Gasteiger partial charge in [-0.05, 0) is 25.1 Å². The molecule has 0 saturated heterocycles. The smallest absolute Gasteiger partial charge is 0.273 e. The van der Waals surface area contributed by atoms with E-state index in [1.54, 1.807) is 13.0 Å². The quantitative estimate of drug-likeness (QED) is 0.529. The topological polar surface area (TPSA) is 75.5 Å². The van der Waals surface area contributed by atoms with Crippen LogP contribution in [0.5, 0.6) is 0 Å². The molecule has 25 heavy (non-hydrogen) atoms. The van der Waals surface area contributed by atoms with Gasteiger partial charge in [0.25, 0.3) is 11.6 Å². The van der Waals surface area contributed by atoms with E-state index in [4.69, 9.17) is 0 Å². The van der Waals surface area contributed by atoms with Gasteiger partial charge in [-0.3, -0.25) is 14.9 Å². The first-order chi connectivity index (χ1) is 11.9. The molecule has 1 N–H and O–H groups in total. The lowest BCUT2D eigenvalue weighted by atomic mass is 10.1. The summed E-state index contributed by atoms with van der Waals surface area (Å²) in [6.07, 6.45) is 0. The Hall–Kier alpha value is -3.33. The molecule has 0 aliphatic carbocycles. The largest absolute Gasteiger partial charge is 0.377 e. The first-order valence-electron chi connectivity index (χ1n) is 7.69. The van der Waals surface area contributed by atoms with E-state index in [-0.39, 0.29) is 23.7 Å². The van der Waals surface area contributed by atoms with Gasteiger partial charge in [0.05, 0.1) is 17.2 Å². The second kappa shape index (κ2) is 7.97. The fourth-order valence-electron chi connectivity index (χ4n) is 2.40. The predicted molar refractivity (Wildman–Crippen MR) is 97.8 cm³/mol. The third kappa shape index (κ3) is 4.36. The molecule has 2 aromatic rings. The molecule has 0 radical (unpaired) electrons. The van der Waals surface area contributed by atoms with Gasteiger partial charge in [-0.15, -0.1) is 0 Å². The number of amides is 1. The number of hydrogen-bond acceptors (Lipinski definition) is 4. The minimum Gasteiger partial charge on any atom is -0.377 e. The summed E-state index contributed by atoms with van der Waals surface area (Å²) < 4.78 is 0. The monoisotopic (exact) mass is 337 g/mol. The fraction of sp³-hybridized carbons (Fsp3) is 0.211. The molecule has 2 rings (SSSR count). The van der Waals surface area contributed by atoms with Crippen LogP contribution < -0.4 is 10.2 Å². The molecule has 0 bridgehead atoms. The number of nitrogens with zero attached hydrogens (tertiary/aromatic N) is 2. The Labute approximate surface area is 146 Å². The van der Waals surface area contributed by atoms with Crippen LogP contribution in [-0.4, -0.2) is 31.5 Å². The molecular formula is C19H19N3O3. The Morgan fingerprint density at radius 3 is 2.60 bits per heavy atom. The van der Waals surface area contributed by atoms with Crippen LogP contribution in [-0.2, 0) is 0 Å². The van der Waals surface area contributed by atoms with Gasteiger partial charge in [-0.1, -0.05) is 30.0 Å². The highest BCUT2D eigenvalue weighted by atomic mass is 16.6. The van der Waals surface area contributed by atoms with Crippen LogP contribution in [0.15, 0.2) is 42.5 Å². The van der Waals surface area contributed by atoms with Gasteiger partial charge >= 0.3 is 0 Å². The molecule has 0 heterocycles. The summed E-state index contributed by atoms with van der Waals surface area (Å²) in [5.41, 5.74) is 2.42. The number of para-hydroxylation sites is 1. The average molecular weight is 337 g/mol. The van der Waals surface area contributed by atoms with Crippen molar-refractivity contribution in [2.45, 2.75) is 6.92 Å². The summed E-state index contributed by atoms with van der Waals surface area (Å²) in [6.45, 7) is 1.72. The number of nitro groups is 1. The van der Waals surface area contributed by atoms with Gasteiger partial charge in [0.1, 0.15) is 0 Å². The first kappa shape index (κ1) is 18.0. The standard InChI is InChI=1S/C19H19N3O3/c1-14-16(10-6-12-17(14)22(24)25)19(23)20-13-7-9-15-8-4-5-11-18(15)21(2)3/h4-6,8,10-12H,13H2,1-3H3,(H,20,23). The maximum absolute atomic E-state index is 12.2. The van der Waals surface area contributed by atoms with Crippen molar-refractivity contribution < 1.29 is 9.72 Å². The highest BCUT2D eigenvalue weighted by Crippen LogP contribution is 2.20. The van der Waals surface area contributed by atoms with E-state index in [9.17, 15) is 14.9 Å². The Morgan fingerprint density at radius 1 is 1.20 bits per heavy atom. The lowest BCUT2D eigenvalue weighted by molar-refractivity contribution is -0.385. The molecule has 0 saturated carbocycles. The Morgan fingerprint density at radius 2 is 1.92 bits per heavy atom. The van der Waals surface area contributed by atoms with Crippen molar-refractivity contribution in [3.8, 4) is 11.8 Å². The van der Waals surface area contributed by atoms with Gasteiger partial charge in [0, 0.05) is 36.9 Å². The van der Waals surface area contributed by atoms with Crippen molar-refractivity contribution in [2.24, 2.45) is 0 Å². The van der Waals surface area contributed by atoms with Crippen molar-refractivity contribution in [3.05, 3.63) is 69.3 Å². The molecule has 0 aliphatic rings. The zero-order valence-corrected chi connectivity index (χ0v) is 14.4. The van der Waals surface area contributed by atoms with E-state index in [0.29, 0.717) is 5.56 Å². The maximum atomic E-state index is 12.2. The number of nitro benzene ring substituents is 1. The molecule has 0 aromatic heterocycles. The van der Waals surface area contributed by atoms with Gasteiger partial charge in [0.2, 0.25) is 0 Å². The SMILES string of the molecule is Cc1c(C(=O)NCC#Cc2ccccc2N(C)C)cccc1[N+](=O)[O-]. The van der Waals surface area contributed by atoms with Crippen molar-refractivity contribution in [1.29, 1.82) is 0 Å². The lowest BCUT2D eigenvalue weighted by Gasteiger charge is -2.13. The predicted octanol–water partition coefficient (Wildman–Crippen LogP) is 2.75. The lowest BCUT2D eigenvalue weighted by Crippen LogP contribution is -2.24. The van der Waals surface area contributed by atoms with Gasteiger partial charge in [0.15, 0.2) is 0 Å². The summed E-state index contributed by atoms with van der Waals surface area (Å²) in [6, 6.07) is 12.2. The van der Waals surface area contributed by atoms with Crippen LogP contribution in [0.25, 0.3) is 0 Å². The number of hydrogen-bond donors (Lipinski definition) is 1. The summed E-state index contributed by atoms with van der Waals surface area (Å²) >= 11 is 0. The molecule has 2 aromatic carbocycles. The third-order valence-electron chi connectivity index (χ3n) is 3.69. The second-order valence-corrected chi connectivity index (χ2v) is 5.60. The molecule has 6 heteroatoms. The van der Waals surface area contributed by atoms with Crippen molar-refractivity contribution >= 4 is 17.3 Å². The zero-order chi connectivity index (χ0) is 18.4. The number of anilines is 1. The van der Waals surface area contributed by atoms with Crippen LogP contribution in [0.1, 0.15) is 21.5 Å². The normalized spacial score (nSPS) is 9.72. The van der Waals surface area contributed by atoms with Crippen LogP contribution in [0, 0.1) is 28.9 Å². The van der Waals surface area contributed by atoms with Crippen molar-refractivity contribution in [2.75, 3.05) is 25.5 Å². The average Bonchev–Trinajstić information content (AvgIpc) is 2.58. The van der Waals surface area contributed by atoms with E-state index in [1.807, 2.05) is 43.3 Å². The van der Waals surface area contributed by atoms with Crippen molar-refractivity contribution in [3.63, 3.8) is 0 Å². The summed E-state index contributed by atoms with van der Waals surface area (Å²) in [5, 5.41) is 13.6. The fourth-order valence-corrected chi connectivity index (χ4v) is 2.40. The van der Waals surface area contributed by atoms with E-state index >= 15 is 0 Å². The van der Waals surface area contributed by atoms with Crippen LogP contribution in [0.4, 0.5) is 11.4 Å². The van der Waals surface area contributed by atoms with Crippen LogP contribution in [0.2, 0.25) is 0 Å². The zero-order valence-electron chi connectivity index (χ0n) is 14.4. The number of nitrogens with one attached hydrogen (secondary N) is 1. The van der Waals surface area contributed by atoms with Gasteiger partial charge in [-0.2, -0.15) is 0 Å². The Kier molecular flexibility index (Phi) is 5.75. The molecule has 0 unspecified atom stereocenters. The molecule has 0 atom stereocenters. The summed E-state index contributed by atoms with van der Waals surface area (Å²) in [4.78, 5) is 24.6. The Bertz CT molecular complexity index is 864. The van der Waals surface area contributed by atoms with E-state index in [0.717, 1.165) is 11.3 Å². The molecule has 0 aliphatic heterocycles. The highest BCUT2D eigenvalue weighted by Gasteiger charge is 2.17. The minimum atomic E-state index is -0.496. The second-order valence-electron chi connectivity index (χ2n) is 5.60. The van der Waals surface area contributed by atoms with E-state index in [2.05, 4.69) is 17.2 Å². The Balaban J connectivity index is 2.08. The number of carbonyl (C=O) groups excluding carboxylic acids is 1. The molecule has 0 spiro atoms. The summed E-state index contributed by atoms with van der Waals surface area (Å²) in [5.74, 6) is 5.56. The number of rotatable bonds is 4. The highest BCUT2D eigenvalue weighted by molar-refractivity contribution is 5.96. The van der Waals surface area contributed by atoms with Crippen LogP contribution >= 0.6 is 0 Å². The minimum absolute atomic E-state index is 0.0707. The van der Waals surface area contributed by atoms with E-state index in [1.165, 1.54) is 12.1 Å². The van der Waals surface area contributed by atoms with E-state index < -0.39 is 4.92 Å². The molecular weight excluding hydrogens is 318 g/mol. The molecule has 128 valence electrons. The third-order valence-corrected chi connectivity index (χ3v) is 3.69. The summed E-state index contributed by atoms with van der Waals surface area (Å²) in [7, 11) is 3.88. The maximum Gasteiger partial charge on any atom is 0.273 e. The first-order valence-corrected chi connectivity index (χ1v) is 7.69. The molecule has 1 amide bonds. The van der Waals surface area contributed by atoms with Crippen LogP contribution in [0.3, 0.4) is 0 Å². The van der Waals surface area contributed by atoms with Gasteiger partial charge < -0.3 is 10.2 Å². The molecule has 6 nitrogen and oxygen atoms in total. The number of benzene rings is 2. The number of carbonyl (C=O) groups is 1.